The van der Waals surface area contributed by atoms with Crippen LogP contribution in [0.5, 0.6) is 0 Å². The minimum Gasteiger partial charge on any atom is -0.377 e. The standard InChI is InChI=1S/C21H38O6/c1-2-6-19-17-18(5-1)24-13-9-22-11-15-26-20-7-3-4-8-21(20)27-16-12-23-10-14-25-19/h18-21H,1-17H2. The van der Waals surface area contributed by atoms with E-state index in [1.54, 1.807) is 0 Å². The minimum atomic E-state index is 0.187. The van der Waals surface area contributed by atoms with Crippen molar-refractivity contribution in [2.24, 2.45) is 0 Å². The van der Waals surface area contributed by atoms with Crippen LogP contribution in [-0.4, -0.2) is 77.3 Å². The Hall–Kier alpha value is -0.240. The topological polar surface area (TPSA) is 55.4 Å². The van der Waals surface area contributed by atoms with E-state index in [9.17, 15) is 0 Å². The summed E-state index contributed by atoms with van der Waals surface area (Å²) in [6.45, 7) is 5.04. The zero-order valence-electron chi connectivity index (χ0n) is 16.8. The third kappa shape index (κ3) is 8.34. The van der Waals surface area contributed by atoms with Crippen LogP contribution in [0.2, 0.25) is 0 Å². The van der Waals surface area contributed by atoms with E-state index in [2.05, 4.69) is 0 Å². The second-order valence-electron chi connectivity index (χ2n) is 7.83. The number of rotatable bonds is 0. The lowest BCUT2D eigenvalue weighted by atomic mass is 9.94. The van der Waals surface area contributed by atoms with Gasteiger partial charge in [-0.3, -0.25) is 0 Å². The fraction of sp³-hybridized carbons (Fsp3) is 1.00. The first-order chi connectivity index (χ1) is 13.4. The smallest absolute Gasteiger partial charge is 0.0837 e. The summed E-state index contributed by atoms with van der Waals surface area (Å²) in [4.78, 5) is 0. The molecule has 0 spiro atoms. The highest BCUT2D eigenvalue weighted by Crippen LogP contribution is 2.24. The molecule has 3 fully saturated rings. The Morgan fingerprint density at radius 3 is 1.30 bits per heavy atom. The van der Waals surface area contributed by atoms with Gasteiger partial charge in [0, 0.05) is 0 Å². The van der Waals surface area contributed by atoms with Crippen LogP contribution in [0.4, 0.5) is 0 Å². The first-order valence-corrected chi connectivity index (χ1v) is 11.0. The average Bonchev–Trinajstić information content (AvgIpc) is 2.92. The van der Waals surface area contributed by atoms with Gasteiger partial charge in [0.2, 0.25) is 0 Å². The molecule has 2 saturated carbocycles. The highest BCUT2D eigenvalue weighted by Gasteiger charge is 2.26. The van der Waals surface area contributed by atoms with Crippen LogP contribution < -0.4 is 0 Å². The van der Waals surface area contributed by atoms with E-state index in [1.807, 2.05) is 0 Å². The monoisotopic (exact) mass is 386 g/mol. The molecule has 1 saturated heterocycles. The minimum absolute atomic E-state index is 0.187. The Balaban J connectivity index is 1.44. The van der Waals surface area contributed by atoms with Gasteiger partial charge in [0.25, 0.3) is 0 Å². The van der Waals surface area contributed by atoms with Crippen molar-refractivity contribution < 1.29 is 28.4 Å². The van der Waals surface area contributed by atoms with Crippen LogP contribution >= 0.6 is 0 Å². The fourth-order valence-corrected chi connectivity index (χ4v) is 4.29. The Kier molecular flexibility index (Phi) is 10.4. The molecular weight excluding hydrogens is 348 g/mol. The maximum atomic E-state index is 6.05. The van der Waals surface area contributed by atoms with E-state index in [-0.39, 0.29) is 24.4 Å². The van der Waals surface area contributed by atoms with Crippen LogP contribution in [0, 0.1) is 0 Å². The molecule has 3 aliphatic rings. The number of fused-ring (bicyclic) bond motifs is 3. The molecule has 0 amide bonds. The van der Waals surface area contributed by atoms with Gasteiger partial charge in [0.05, 0.1) is 77.3 Å². The van der Waals surface area contributed by atoms with Crippen molar-refractivity contribution in [2.75, 3.05) is 52.9 Å². The van der Waals surface area contributed by atoms with Gasteiger partial charge in [-0.1, -0.05) is 25.7 Å². The molecule has 158 valence electrons. The molecule has 1 aliphatic heterocycles. The zero-order chi connectivity index (χ0) is 18.6. The van der Waals surface area contributed by atoms with Crippen molar-refractivity contribution in [2.45, 2.75) is 82.2 Å². The van der Waals surface area contributed by atoms with E-state index < -0.39 is 0 Å². The molecule has 0 N–H and O–H groups in total. The largest absolute Gasteiger partial charge is 0.377 e. The van der Waals surface area contributed by atoms with Gasteiger partial charge in [0.15, 0.2) is 0 Å². The summed E-state index contributed by atoms with van der Waals surface area (Å²) in [5.74, 6) is 0. The maximum absolute atomic E-state index is 6.05. The number of hydrogen-bond donors (Lipinski definition) is 0. The van der Waals surface area contributed by atoms with Gasteiger partial charge in [-0.15, -0.1) is 0 Å². The normalized spacial score (nSPS) is 36.4. The van der Waals surface area contributed by atoms with Crippen molar-refractivity contribution in [1.29, 1.82) is 0 Å². The molecule has 3 rings (SSSR count). The molecule has 27 heavy (non-hydrogen) atoms. The predicted molar refractivity (Wildman–Crippen MR) is 102 cm³/mol. The van der Waals surface area contributed by atoms with Gasteiger partial charge in [-0.05, 0) is 32.1 Å². The third-order valence-electron chi connectivity index (χ3n) is 5.75. The Labute approximate surface area is 164 Å². The fourth-order valence-electron chi connectivity index (χ4n) is 4.29. The summed E-state index contributed by atoms with van der Waals surface area (Å²) in [6.07, 6.45) is 11.2. The summed E-state index contributed by atoms with van der Waals surface area (Å²) in [5, 5.41) is 0. The Morgan fingerprint density at radius 2 is 0.815 bits per heavy atom. The third-order valence-corrected chi connectivity index (χ3v) is 5.75. The van der Waals surface area contributed by atoms with Gasteiger partial charge in [-0.2, -0.15) is 0 Å². The van der Waals surface area contributed by atoms with Crippen LogP contribution in [0.3, 0.4) is 0 Å². The van der Waals surface area contributed by atoms with E-state index in [0.717, 1.165) is 32.1 Å². The molecule has 2 bridgehead atoms. The van der Waals surface area contributed by atoms with Gasteiger partial charge in [-0.25, -0.2) is 0 Å². The Morgan fingerprint density at radius 1 is 0.407 bits per heavy atom. The maximum Gasteiger partial charge on any atom is 0.0837 e. The molecular formula is C21H38O6. The molecule has 2 aliphatic carbocycles. The van der Waals surface area contributed by atoms with Crippen molar-refractivity contribution >= 4 is 0 Å². The lowest BCUT2D eigenvalue weighted by Crippen LogP contribution is -2.36. The van der Waals surface area contributed by atoms with Crippen molar-refractivity contribution in [3.63, 3.8) is 0 Å². The molecule has 4 unspecified atom stereocenters. The molecule has 6 nitrogen and oxygen atoms in total. The van der Waals surface area contributed by atoms with Crippen LogP contribution in [0.25, 0.3) is 0 Å². The summed E-state index contributed by atoms with van der Waals surface area (Å²) >= 11 is 0. The zero-order valence-corrected chi connectivity index (χ0v) is 16.8. The van der Waals surface area contributed by atoms with Crippen LogP contribution in [0.15, 0.2) is 0 Å². The molecule has 4 atom stereocenters. The summed E-state index contributed by atoms with van der Waals surface area (Å²) in [5.41, 5.74) is 0. The molecule has 0 aromatic carbocycles. The quantitative estimate of drug-likeness (QED) is 0.638. The number of ether oxygens (including phenoxy) is 6. The number of hydrogen-bond acceptors (Lipinski definition) is 6. The van der Waals surface area contributed by atoms with E-state index >= 15 is 0 Å². The van der Waals surface area contributed by atoms with Gasteiger partial charge >= 0.3 is 0 Å². The van der Waals surface area contributed by atoms with E-state index in [4.69, 9.17) is 28.4 Å². The van der Waals surface area contributed by atoms with E-state index in [1.165, 1.54) is 25.7 Å². The lowest BCUT2D eigenvalue weighted by molar-refractivity contribution is -0.111. The lowest BCUT2D eigenvalue weighted by Gasteiger charge is -2.31. The van der Waals surface area contributed by atoms with Gasteiger partial charge < -0.3 is 28.4 Å². The highest BCUT2D eigenvalue weighted by atomic mass is 16.6. The molecule has 0 aromatic rings. The van der Waals surface area contributed by atoms with E-state index in [0.29, 0.717) is 52.9 Å². The Bertz CT molecular complexity index is 346. The van der Waals surface area contributed by atoms with Crippen LogP contribution in [0.1, 0.15) is 57.8 Å². The highest BCUT2D eigenvalue weighted by molar-refractivity contribution is 4.77. The molecule has 0 radical (unpaired) electrons. The van der Waals surface area contributed by atoms with Crippen molar-refractivity contribution in [3.05, 3.63) is 0 Å². The summed E-state index contributed by atoms with van der Waals surface area (Å²) < 4.78 is 35.6. The second-order valence-corrected chi connectivity index (χ2v) is 7.83. The summed E-state index contributed by atoms with van der Waals surface area (Å²) in [6, 6.07) is 0. The van der Waals surface area contributed by atoms with Crippen LogP contribution in [-0.2, 0) is 28.4 Å². The van der Waals surface area contributed by atoms with Crippen molar-refractivity contribution in [3.8, 4) is 0 Å². The van der Waals surface area contributed by atoms with Gasteiger partial charge in [0.1, 0.15) is 0 Å². The first-order valence-electron chi connectivity index (χ1n) is 11.0. The molecule has 6 heteroatoms. The SMILES string of the molecule is C1CCC2CC(C1)OCCOCCOC1CCCCC1OCCOCCO2. The average molecular weight is 387 g/mol. The second kappa shape index (κ2) is 13.1. The predicted octanol–water partition coefficient (Wildman–Crippen LogP) is 3.11. The molecule has 0 aromatic heterocycles. The first kappa shape index (κ1) is 21.5. The van der Waals surface area contributed by atoms with Crippen molar-refractivity contribution in [1.82, 2.24) is 0 Å². The molecule has 1 heterocycles. The summed E-state index contributed by atoms with van der Waals surface area (Å²) in [7, 11) is 0.